The molecule has 0 saturated heterocycles. The second kappa shape index (κ2) is 16.9. The van der Waals surface area contributed by atoms with E-state index in [2.05, 4.69) is 38.5 Å². The molecule has 0 radical (unpaired) electrons. The van der Waals surface area contributed by atoms with Crippen LogP contribution < -0.4 is 39.7 Å². The summed E-state index contributed by atoms with van der Waals surface area (Å²) in [7, 11) is 4.15. The Kier molecular flexibility index (Phi) is 15.7. The van der Waals surface area contributed by atoms with E-state index in [9.17, 15) is 9.59 Å². The first-order chi connectivity index (χ1) is 15.8. The summed E-state index contributed by atoms with van der Waals surface area (Å²) in [5.74, 6) is -0.374. The van der Waals surface area contributed by atoms with Gasteiger partial charge in [-0.05, 0) is 0 Å². The van der Waals surface area contributed by atoms with Gasteiger partial charge < -0.3 is 48.9 Å². The number of ketones is 1. The number of nitrogens with zero attached hydrogens (tertiary/aromatic N) is 1. The maximum atomic E-state index is 12.4. The number of carbonyl (C=O) groups is 2. The van der Waals surface area contributed by atoms with Crippen LogP contribution in [0.2, 0.25) is 0 Å². The van der Waals surface area contributed by atoms with Crippen LogP contribution >= 0.6 is 0 Å². The highest BCUT2D eigenvalue weighted by Gasteiger charge is 2.17. The minimum absolute atomic E-state index is 0. The van der Waals surface area contributed by atoms with Gasteiger partial charge in [0.15, 0.2) is 5.78 Å². The summed E-state index contributed by atoms with van der Waals surface area (Å²) in [6.45, 7) is 6.10. The minimum Gasteiger partial charge on any atom is -1.00 e. The van der Waals surface area contributed by atoms with Crippen molar-refractivity contribution in [2.45, 2.75) is 13.1 Å². The van der Waals surface area contributed by atoms with Crippen molar-refractivity contribution in [1.29, 1.82) is 0 Å². The molecule has 0 spiro atoms. The van der Waals surface area contributed by atoms with Crippen molar-refractivity contribution in [2.75, 3.05) is 27.2 Å². The Morgan fingerprint density at radius 2 is 1.34 bits per heavy atom. The van der Waals surface area contributed by atoms with Gasteiger partial charge in [-0.2, -0.15) is 0 Å². The number of ether oxygens (including phenoxy) is 1. The molecule has 0 aliphatic rings. The lowest BCUT2D eigenvalue weighted by Crippen LogP contribution is -3.00. The zero-order chi connectivity index (χ0) is 24.1. The third kappa shape index (κ3) is 12.1. The van der Waals surface area contributed by atoms with Crippen molar-refractivity contribution in [3.63, 3.8) is 0 Å². The van der Waals surface area contributed by atoms with E-state index in [0.717, 1.165) is 18.7 Å². The van der Waals surface area contributed by atoms with E-state index in [4.69, 9.17) is 4.74 Å². The molecule has 5 nitrogen and oxygen atoms in total. The molecule has 3 aromatic rings. The molecule has 188 valence electrons. The predicted octanol–water partition coefficient (Wildman–Crippen LogP) is -2.34. The minimum atomic E-state index is -0.399. The summed E-state index contributed by atoms with van der Waals surface area (Å²) >= 11 is 0. The highest BCUT2D eigenvalue weighted by molar-refractivity contribution is 6.08. The first kappa shape index (κ1) is 32.4. The van der Waals surface area contributed by atoms with E-state index in [1.165, 1.54) is 11.6 Å². The van der Waals surface area contributed by atoms with E-state index in [-0.39, 0.29) is 39.7 Å². The summed E-state index contributed by atoms with van der Waals surface area (Å²) < 4.78 is 5.72. The molecule has 0 fully saturated rings. The van der Waals surface area contributed by atoms with Gasteiger partial charge >= 0.3 is 5.97 Å². The van der Waals surface area contributed by atoms with Gasteiger partial charge in [0.25, 0.3) is 0 Å². The van der Waals surface area contributed by atoms with E-state index < -0.39 is 5.97 Å². The molecular weight excluding hydrogens is 572 g/mol. The number of rotatable bonds is 9. The standard InChI is InChI=1S/C21H24NO3.C7H9N.2BrH/c1-4-20(23)25-15-14-22(2,3)16-17-10-12-19(13-11-17)21(24)18-8-6-5-7-9-18;8-6-7-4-2-1-3-5-7;;/h4-13H,1,14-16H2,2-3H3;1-5H,6,8H2;2*1H/q+1;;;/p-1. The quantitative estimate of drug-likeness (QED) is 0.129. The first-order valence-corrected chi connectivity index (χ1v) is 11.0. The summed E-state index contributed by atoms with van der Waals surface area (Å²) in [5, 5.41) is 0. The number of esters is 1. The van der Waals surface area contributed by atoms with Gasteiger partial charge in [-0.15, -0.1) is 0 Å². The highest BCUT2D eigenvalue weighted by atomic mass is 79.9. The van der Waals surface area contributed by atoms with Crippen LogP contribution in [0.3, 0.4) is 0 Å². The number of hydrogen-bond donors (Lipinski definition) is 1. The predicted molar refractivity (Wildman–Crippen MR) is 131 cm³/mol. The van der Waals surface area contributed by atoms with E-state index >= 15 is 0 Å². The Morgan fingerprint density at radius 3 is 1.83 bits per heavy atom. The van der Waals surface area contributed by atoms with Crippen LogP contribution in [0.5, 0.6) is 0 Å². The number of hydrogen-bond acceptors (Lipinski definition) is 3. The fourth-order valence-corrected chi connectivity index (χ4v) is 3.19. The fraction of sp³-hybridized carbons (Fsp3) is 0.214. The SMILES string of the molecule is C=CC(=O)OCC[N+](C)(C)Cc1ccc(C(=O)c2ccccc2)cc1.[Br-].[Br-].[NH3+]Cc1ccccc1. The molecule has 0 aliphatic carbocycles. The number of carbonyl (C=O) groups excluding carboxylic acids is 2. The number of benzene rings is 3. The Morgan fingerprint density at radius 1 is 0.829 bits per heavy atom. The zero-order valence-electron chi connectivity index (χ0n) is 20.3. The van der Waals surface area contributed by atoms with Crippen molar-refractivity contribution in [2.24, 2.45) is 0 Å². The monoisotopic (exact) mass is 604 g/mol. The summed E-state index contributed by atoms with van der Waals surface area (Å²) in [6, 6.07) is 27.2. The molecule has 3 aromatic carbocycles. The number of halogens is 2. The van der Waals surface area contributed by atoms with Crippen molar-refractivity contribution < 1.29 is 58.5 Å². The molecule has 0 aromatic heterocycles. The van der Waals surface area contributed by atoms with Crippen molar-refractivity contribution in [1.82, 2.24) is 0 Å². The number of quaternary nitrogens is 2. The van der Waals surface area contributed by atoms with Crippen molar-refractivity contribution in [3.05, 3.63) is 120 Å². The van der Waals surface area contributed by atoms with E-state index in [1.54, 1.807) is 0 Å². The van der Waals surface area contributed by atoms with Gasteiger partial charge in [0.2, 0.25) is 0 Å². The van der Waals surface area contributed by atoms with Crippen LogP contribution in [0.25, 0.3) is 0 Å². The second-order valence-corrected chi connectivity index (χ2v) is 8.32. The topological polar surface area (TPSA) is 71.0 Å². The maximum Gasteiger partial charge on any atom is 0.330 e. The Balaban J connectivity index is 0.000000985. The number of likely N-dealkylation sites (N-methyl/N-ethyl adjacent to an activating group) is 1. The molecule has 0 atom stereocenters. The highest BCUT2D eigenvalue weighted by Crippen LogP contribution is 2.14. The summed E-state index contributed by atoms with van der Waals surface area (Å²) in [4.78, 5) is 23.5. The average molecular weight is 606 g/mol. The molecule has 35 heavy (non-hydrogen) atoms. The van der Waals surface area contributed by atoms with Crippen LogP contribution in [0, 0.1) is 0 Å². The Bertz CT molecular complexity index is 1030. The third-order valence-electron chi connectivity index (χ3n) is 5.10. The average Bonchev–Trinajstić information content (AvgIpc) is 2.85. The lowest BCUT2D eigenvalue weighted by molar-refractivity contribution is -0.903. The molecule has 7 heteroatoms. The largest absolute Gasteiger partial charge is 1.00 e. The van der Waals surface area contributed by atoms with Crippen molar-refractivity contribution in [3.8, 4) is 0 Å². The lowest BCUT2D eigenvalue weighted by Gasteiger charge is -2.29. The van der Waals surface area contributed by atoms with Crippen LogP contribution in [0.15, 0.2) is 97.6 Å². The molecule has 0 heterocycles. The molecule has 3 rings (SSSR count). The van der Waals surface area contributed by atoms with Gasteiger partial charge in [0.05, 0.1) is 20.6 Å². The molecular formula is C28H34Br2N2O3. The van der Waals surface area contributed by atoms with Crippen molar-refractivity contribution >= 4 is 11.8 Å². The lowest BCUT2D eigenvalue weighted by atomic mass is 10.0. The van der Waals surface area contributed by atoms with Crippen LogP contribution in [0.4, 0.5) is 0 Å². The second-order valence-electron chi connectivity index (χ2n) is 8.32. The van der Waals surface area contributed by atoms with E-state index in [0.29, 0.717) is 28.8 Å². The van der Waals surface area contributed by atoms with Gasteiger partial charge in [-0.25, -0.2) is 4.79 Å². The summed E-state index contributed by atoms with van der Waals surface area (Å²) in [5.41, 5.74) is 7.55. The van der Waals surface area contributed by atoms with E-state index in [1.807, 2.05) is 72.8 Å². The van der Waals surface area contributed by atoms with Gasteiger partial charge in [-0.1, -0.05) is 91.5 Å². The summed E-state index contributed by atoms with van der Waals surface area (Å²) in [6.07, 6.45) is 1.17. The molecule has 0 saturated carbocycles. The van der Waals surface area contributed by atoms with Gasteiger partial charge in [-0.3, -0.25) is 4.79 Å². The van der Waals surface area contributed by atoms with Gasteiger partial charge in [0, 0.05) is 28.3 Å². The molecule has 0 bridgehead atoms. The molecule has 3 N–H and O–H groups in total. The maximum absolute atomic E-state index is 12.4. The molecule has 0 aliphatic heterocycles. The normalized spacial score (nSPS) is 9.91. The first-order valence-electron chi connectivity index (χ1n) is 11.0. The van der Waals surface area contributed by atoms with Crippen LogP contribution in [-0.4, -0.2) is 43.5 Å². The molecule has 0 amide bonds. The van der Waals surface area contributed by atoms with Crippen LogP contribution in [-0.2, 0) is 22.6 Å². The van der Waals surface area contributed by atoms with Gasteiger partial charge in [0.1, 0.15) is 19.7 Å². The Hall–Kier alpha value is -2.58. The zero-order valence-corrected chi connectivity index (χ0v) is 23.5. The third-order valence-corrected chi connectivity index (χ3v) is 5.10. The Labute approximate surface area is 229 Å². The molecule has 0 unspecified atom stereocenters. The fourth-order valence-electron chi connectivity index (χ4n) is 3.19. The smallest absolute Gasteiger partial charge is 0.330 e. The van der Waals surface area contributed by atoms with Crippen LogP contribution in [0.1, 0.15) is 27.0 Å².